The fourth-order valence-electron chi connectivity index (χ4n) is 1.77. The van der Waals surface area contributed by atoms with Crippen LogP contribution in [0, 0.1) is 6.92 Å². The van der Waals surface area contributed by atoms with E-state index in [1.54, 1.807) is 0 Å². The number of nitrogens with two attached hydrogens (primary N) is 1. The van der Waals surface area contributed by atoms with Crippen molar-refractivity contribution < 1.29 is 4.79 Å². The van der Waals surface area contributed by atoms with Crippen molar-refractivity contribution in [3.8, 4) is 0 Å². The maximum atomic E-state index is 11.7. The van der Waals surface area contributed by atoms with Gasteiger partial charge in [-0.15, -0.1) is 0 Å². The topological polar surface area (TPSA) is 55.1 Å². The minimum atomic E-state index is -0.0921. The van der Waals surface area contributed by atoms with Crippen molar-refractivity contribution in [1.82, 2.24) is 5.32 Å². The van der Waals surface area contributed by atoms with Gasteiger partial charge in [0.1, 0.15) is 0 Å². The molecule has 3 heteroatoms. The first-order chi connectivity index (χ1) is 8.02. The largest absolute Gasteiger partial charge is 0.349 e. The predicted molar refractivity (Wildman–Crippen MR) is 70.6 cm³/mol. The molecule has 17 heavy (non-hydrogen) atoms. The number of benzene rings is 1. The molecule has 0 spiro atoms. The maximum absolute atomic E-state index is 11.7. The highest BCUT2D eigenvalue weighted by Crippen LogP contribution is 2.17. The molecule has 3 N–H and O–H groups in total. The van der Waals surface area contributed by atoms with Crippen LogP contribution in [-0.2, 0) is 4.79 Å². The SMILES string of the molecule is CCC(NC(=O)CC(C)N)c1ccc(C)cc1. The van der Waals surface area contributed by atoms with E-state index >= 15 is 0 Å². The molecule has 0 bridgehead atoms. The molecule has 0 saturated heterocycles. The molecule has 2 atom stereocenters. The molecule has 94 valence electrons. The van der Waals surface area contributed by atoms with E-state index in [0.29, 0.717) is 6.42 Å². The molecule has 1 rings (SSSR count). The summed E-state index contributed by atoms with van der Waals surface area (Å²) in [6.07, 6.45) is 1.26. The van der Waals surface area contributed by atoms with Crippen LogP contribution in [0.25, 0.3) is 0 Å². The van der Waals surface area contributed by atoms with Crippen molar-refractivity contribution in [3.63, 3.8) is 0 Å². The minimum Gasteiger partial charge on any atom is -0.349 e. The second-order valence-corrected chi connectivity index (χ2v) is 4.62. The van der Waals surface area contributed by atoms with E-state index in [2.05, 4.69) is 43.4 Å². The van der Waals surface area contributed by atoms with Crippen molar-refractivity contribution in [2.45, 2.75) is 45.7 Å². The van der Waals surface area contributed by atoms with Gasteiger partial charge in [-0.1, -0.05) is 36.8 Å². The summed E-state index contributed by atoms with van der Waals surface area (Å²) >= 11 is 0. The molecule has 0 radical (unpaired) electrons. The first-order valence-corrected chi connectivity index (χ1v) is 6.14. The van der Waals surface area contributed by atoms with Gasteiger partial charge in [0.15, 0.2) is 0 Å². The van der Waals surface area contributed by atoms with Crippen molar-refractivity contribution in [2.75, 3.05) is 0 Å². The molecule has 1 aromatic rings. The first kappa shape index (κ1) is 13.7. The normalized spacial score (nSPS) is 14.1. The number of hydrogen-bond donors (Lipinski definition) is 2. The molecular weight excluding hydrogens is 212 g/mol. The van der Waals surface area contributed by atoms with Crippen LogP contribution >= 0.6 is 0 Å². The number of hydrogen-bond acceptors (Lipinski definition) is 2. The van der Waals surface area contributed by atoms with Crippen LogP contribution in [0.3, 0.4) is 0 Å². The van der Waals surface area contributed by atoms with E-state index in [1.165, 1.54) is 5.56 Å². The highest BCUT2D eigenvalue weighted by molar-refractivity contribution is 5.77. The molecule has 0 aromatic heterocycles. The summed E-state index contributed by atoms with van der Waals surface area (Å²) in [6.45, 7) is 5.96. The van der Waals surface area contributed by atoms with Crippen LogP contribution in [0.5, 0.6) is 0 Å². The van der Waals surface area contributed by atoms with Crippen molar-refractivity contribution in [2.24, 2.45) is 5.73 Å². The Morgan fingerprint density at radius 2 is 1.94 bits per heavy atom. The third kappa shape index (κ3) is 4.57. The van der Waals surface area contributed by atoms with Gasteiger partial charge >= 0.3 is 0 Å². The fraction of sp³-hybridized carbons (Fsp3) is 0.500. The lowest BCUT2D eigenvalue weighted by Crippen LogP contribution is -2.32. The van der Waals surface area contributed by atoms with Gasteiger partial charge in [0.2, 0.25) is 5.91 Å². The van der Waals surface area contributed by atoms with Gasteiger partial charge in [-0.2, -0.15) is 0 Å². The summed E-state index contributed by atoms with van der Waals surface area (Å²) in [7, 11) is 0. The number of rotatable bonds is 5. The first-order valence-electron chi connectivity index (χ1n) is 6.14. The smallest absolute Gasteiger partial charge is 0.222 e. The van der Waals surface area contributed by atoms with Crippen molar-refractivity contribution >= 4 is 5.91 Å². The van der Waals surface area contributed by atoms with E-state index < -0.39 is 0 Å². The summed E-state index contributed by atoms with van der Waals surface area (Å²) in [5.74, 6) is 0.0208. The van der Waals surface area contributed by atoms with Gasteiger partial charge < -0.3 is 11.1 Å². The summed E-state index contributed by atoms with van der Waals surface area (Å²) in [5, 5.41) is 3.01. The third-order valence-electron chi connectivity index (χ3n) is 2.73. The number of nitrogens with one attached hydrogen (secondary N) is 1. The molecule has 0 aliphatic carbocycles. The Balaban J connectivity index is 2.65. The molecule has 1 aromatic carbocycles. The monoisotopic (exact) mass is 234 g/mol. The molecule has 0 heterocycles. The van der Waals surface area contributed by atoms with Gasteiger partial charge in [-0.25, -0.2) is 0 Å². The molecule has 2 unspecified atom stereocenters. The van der Waals surface area contributed by atoms with E-state index in [9.17, 15) is 4.79 Å². The van der Waals surface area contributed by atoms with Gasteiger partial charge in [0.25, 0.3) is 0 Å². The quantitative estimate of drug-likeness (QED) is 0.821. The third-order valence-corrected chi connectivity index (χ3v) is 2.73. The van der Waals surface area contributed by atoms with Crippen LogP contribution in [0.15, 0.2) is 24.3 Å². The number of carbonyl (C=O) groups excluding carboxylic acids is 1. The highest BCUT2D eigenvalue weighted by Gasteiger charge is 2.13. The van der Waals surface area contributed by atoms with Crippen molar-refractivity contribution in [1.29, 1.82) is 0 Å². The summed E-state index contributed by atoms with van der Waals surface area (Å²) in [4.78, 5) is 11.7. The van der Waals surface area contributed by atoms with Crippen LogP contribution in [0.2, 0.25) is 0 Å². The Morgan fingerprint density at radius 3 is 2.41 bits per heavy atom. The zero-order valence-corrected chi connectivity index (χ0v) is 10.9. The Bertz CT molecular complexity index is 357. The van der Waals surface area contributed by atoms with E-state index in [0.717, 1.165) is 12.0 Å². The molecule has 0 saturated carbocycles. The van der Waals surface area contributed by atoms with E-state index in [1.807, 2.05) is 6.92 Å². The van der Waals surface area contributed by atoms with E-state index in [4.69, 9.17) is 5.73 Å². The van der Waals surface area contributed by atoms with E-state index in [-0.39, 0.29) is 18.0 Å². The lowest BCUT2D eigenvalue weighted by atomic mass is 10.0. The Morgan fingerprint density at radius 1 is 1.35 bits per heavy atom. The van der Waals surface area contributed by atoms with Crippen molar-refractivity contribution in [3.05, 3.63) is 35.4 Å². The molecule has 0 fully saturated rings. The highest BCUT2D eigenvalue weighted by atomic mass is 16.1. The maximum Gasteiger partial charge on any atom is 0.222 e. The molecule has 0 aliphatic rings. The van der Waals surface area contributed by atoms with Gasteiger partial charge in [-0.3, -0.25) is 4.79 Å². The second kappa shape index (κ2) is 6.40. The number of carbonyl (C=O) groups is 1. The lowest BCUT2D eigenvalue weighted by Gasteiger charge is -2.18. The summed E-state index contributed by atoms with van der Waals surface area (Å²) in [5.41, 5.74) is 7.98. The average molecular weight is 234 g/mol. The van der Waals surface area contributed by atoms with Crippen LogP contribution in [0.1, 0.15) is 43.9 Å². The van der Waals surface area contributed by atoms with Crippen LogP contribution in [-0.4, -0.2) is 11.9 Å². The van der Waals surface area contributed by atoms with Gasteiger partial charge in [0.05, 0.1) is 6.04 Å². The molecule has 0 aliphatic heterocycles. The Kier molecular flexibility index (Phi) is 5.16. The zero-order valence-electron chi connectivity index (χ0n) is 10.9. The number of amides is 1. The summed E-state index contributed by atoms with van der Waals surface area (Å²) < 4.78 is 0. The Hall–Kier alpha value is -1.35. The molecular formula is C14H22N2O. The summed E-state index contributed by atoms with van der Waals surface area (Å²) in [6, 6.07) is 8.25. The number of aryl methyl sites for hydroxylation is 1. The second-order valence-electron chi connectivity index (χ2n) is 4.62. The lowest BCUT2D eigenvalue weighted by molar-refractivity contribution is -0.122. The molecule has 3 nitrogen and oxygen atoms in total. The molecule has 1 amide bonds. The average Bonchev–Trinajstić information content (AvgIpc) is 2.26. The van der Waals surface area contributed by atoms with Gasteiger partial charge in [0, 0.05) is 12.5 Å². The Labute approximate surface area is 103 Å². The van der Waals surface area contributed by atoms with Crippen LogP contribution < -0.4 is 11.1 Å². The fourth-order valence-corrected chi connectivity index (χ4v) is 1.77. The predicted octanol–water partition coefficient (Wildman–Crippen LogP) is 2.30. The zero-order chi connectivity index (χ0) is 12.8. The van der Waals surface area contributed by atoms with Gasteiger partial charge in [-0.05, 0) is 25.8 Å². The standard InChI is InChI=1S/C14H22N2O/c1-4-13(16-14(17)9-11(3)15)12-7-5-10(2)6-8-12/h5-8,11,13H,4,9,15H2,1-3H3,(H,16,17). The van der Waals surface area contributed by atoms with Crippen LogP contribution in [0.4, 0.5) is 0 Å². The minimum absolute atomic E-state index is 0.0208.